The van der Waals surface area contributed by atoms with Gasteiger partial charge >= 0.3 is 5.97 Å². The zero-order valence-electron chi connectivity index (χ0n) is 13.4. The average molecular weight is 329 g/mol. The van der Waals surface area contributed by atoms with Crippen LogP contribution in [0.25, 0.3) is 5.65 Å². The maximum absolute atomic E-state index is 12.1. The van der Waals surface area contributed by atoms with E-state index in [2.05, 4.69) is 9.97 Å². The number of rotatable bonds is 5. The maximum atomic E-state index is 12.1. The van der Waals surface area contributed by atoms with Crippen LogP contribution in [0.2, 0.25) is 0 Å². The van der Waals surface area contributed by atoms with Gasteiger partial charge in [-0.05, 0) is 32.9 Å². The van der Waals surface area contributed by atoms with Gasteiger partial charge in [0.15, 0.2) is 0 Å². The van der Waals surface area contributed by atoms with E-state index in [1.807, 2.05) is 61.1 Å². The normalized spacial score (nSPS) is 11.8. The number of hydrogen-bond donors (Lipinski definition) is 0. The predicted octanol–water partition coefficient (Wildman–Crippen LogP) is 3.22. The molecule has 0 fully saturated rings. The van der Waals surface area contributed by atoms with Crippen LogP contribution in [-0.2, 0) is 21.4 Å². The first-order valence-electron chi connectivity index (χ1n) is 7.55. The summed E-state index contributed by atoms with van der Waals surface area (Å²) in [5, 5.41) is 2.88. The van der Waals surface area contributed by atoms with Crippen molar-refractivity contribution in [1.82, 2.24) is 14.4 Å². The van der Waals surface area contributed by atoms with E-state index in [4.69, 9.17) is 4.74 Å². The second-order valence-corrected chi connectivity index (χ2v) is 6.79. The molecule has 0 aromatic carbocycles. The summed E-state index contributed by atoms with van der Waals surface area (Å²) in [6, 6.07) is 5.91. The first-order valence-corrected chi connectivity index (χ1v) is 8.43. The molecule has 0 N–H and O–H groups in total. The molecule has 0 atom stereocenters. The third-order valence-corrected chi connectivity index (χ3v) is 4.57. The second-order valence-electron chi connectivity index (χ2n) is 5.85. The SMILES string of the molecule is CCOC(=O)C(C)(C)c1csc(Cc2cn3ccccc3n2)n1. The second kappa shape index (κ2) is 6.12. The Kier molecular flexibility index (Phi) is 4.17. The van der Waals surface area contributed by atoms with Crippen molar-refractivity contribution in [3.8, 4) is 0 Å². The summed E-state index contributed by atoms with van der Waals surface area (Å²) >= 11 is 1.55. The van der Waals surface area contributed by atoms with Gasteiger partial charge in [0, 0.05) is 24.2 Å². The Hall–Kier alpha value is -2.21. The van der Waals surface area contributed by atoms with Crippen LogP contribution >= 0.6 is 11.3 Å². The number of imidazole rings is 1. The Morgan fingerprint density at radius 1 is 1.35 bits per heavy atom. The summed E-state index contributed by atoms with van der Waals surface area (Å²) in [7, 11) is 0. The molecule has 3 rings (SSSR count). The van der Waals surface area contributed by atoms with Gasteiger partial charge in [0.25, 0.3) is 0 Å². The number of aromatic nitrogens is 3. The fourth-order valence-corrected chi connectivity index (χ4v) is 3.30. The molecule has 0 saturated heterocycles. The van der Waals surface area contributed by atoms with Crippen LogP contribution in [0, 0.1) is 0 Å². The van der Waals surface area contributed by atoms with Crippen LogP contribution in [0.15, 0.2) is 36.0 Å². The fraction of sp³-hybridized carbons (Fsp3) is 0.353. The smallest absolute Gasteiger partial charge is 0.317 e. The zero-order chi connectivity index (χ0) is 16.4. The number of thiazole rings is 1. The maximum Gasteiger partial charge on any atom is 0.317 e. The molecule has 0 amide bonds. The van der Waals surface area contributed by atoms with Crippen molar-refractivity contribution in [2.24, 2.45) is 0 Å². The highest BCUT2D eigenvalue weighted by Gasteiger charge is 2.33. The van der Waals surface area contributed by atoms with E-state index in [9.17, 15) is 4.79 Å². The van der Waals surface area contributed by atoms with E-state index in [-0.39, 0.29) is 5.97 Å². The summed E-state index contributed by atoms with van der Waals surface area (Å²) in [4.78, 5) is 21.3. The van der Waals surface area contributed by atoms with Gasteiger partial charge in [0.2, 0.25) is 0 Å². The Balaban J connectivity index is 1.80. The number of esters is 1. The van der Waals surface area contributed by atoms with Crippen LogP contribution < -0.4 is 0 Å². The molecule has 23 heavy (non-hydrogen) atoms. The van der Waals surface area contributed by atoms with Crippen molar-refractivity contribution in [1.29, 1.82) is 0 Å². The molecule has 0 saturated carbocycles. The van der Waals surface area contributed by atoms with Crippen LogP contribution in [0.4, 0.5) is 0 Å². The lowest BCUT2D eigenvalue weighted by atomic mass is 9.90. The molecule has 0 radical (unpaired) electrons. The van der Waals surface area contributed by atoms with E-state index in [0.717, 1.165) is 22.0 Å². The van der Waals surface area contributed by atoms with E-state index in [1.54, 1.807) is 11.3 Å². The van der Waals surface area contributed by atoms with Crippen LogP contribution in [0.1, 0.15) is 37.2 Å². The fourth-order valence-electron chi connectivity index (χ4n) is 2.32. The Morgan fingerprint density at radius 3 is 2.91 bits per heavy atom. The van der Waals surface area contributed by atoms with Crippen molar-refractivity contribution >= 4 is 23.0 Å². The third-order valence-electron chi connectivity index (χ3n) is 3.72. The summed E-state index contributed by atoms with van der Waals surface area (Å²) < 4.78 is 7.13. The van der Waals surface area contributed by atoms with Crippen molar-refractivity contribution in [2.75, 3.05) is 6.61 Å². The van der Waals surface area contributed by atoms with Gasteiger partial charge in [-0.2, -0.15) is 0 Å². The molecule has 3 heterocycles. The summed E-state index contributed by atoms with van der Waals surface area (Å²) in [5.74, 6) is -0.246. The number of hydrogen-bond acceptors (Lipinski definition) is 5. The Bertz CT molecular complexity index is 802. The molecule has 3 aromatic rings. The molecular weight excluding hydrogens is 310 g/mol. The molecule has 0 unspecified atom stereocenters. The molecule has 0 aliphatic rings. The van der Waals surface area contributed by atoms with Crippen LogP contribution in [-0.4, -0.2) is 26.9 Å². The highest BCUT2D eigenvalue weighted by molar-refractivity contribution is 7.09. The molecule has 6 heteroatoms. The predicted molar refractivity (Wildman–Crippen MR) is 89.8 cm³/mol. The number of carbonyl (C=O) groups excluding carboxylic acids is 1. The quantitative estimate of drug-likeness (QED) is 0.674. The third kappa shape index (κ3) is 3.12. The number of carbonyl (C=O) groups is 1. The molecular formula is C17H19N3O2S. The molecule has 0 spiro atoms. The van der Waals surface area contributed by atoms with Crippen molar-refractivity contribution in [3.63, 3.8) is 0 Å². The lowest BCUT2D eigenvalue weighted by Crippen LogP contribution is -2.31. The van der Waals surface area contributed by atoms with Gasteiger partial charge in [-0.15, -0.1) is 11.3 Å². The van der Waals surface area contributed by atoms with E-state index in [0.29, 0.717) is 13.0 Å². The van der Waals surface area contributed by atoms with Gasteiger partial charge in [-0.1, -0.05) is 6.07 Å². The Labute approximate surface area is 139 Å². The molecule has 0 bridgehead atoms. The van der Waals surface area contributed by atoms with Crippen LogP contribution in [0.5, 0.6) is 0 Å². The highest BCUT2D eigenvalue weighted by atomic mass is 32.1. The first kappa shape index (κ1) is 15.7. The van der Waals surface area contributed by atoms with Crippen LogP contribution in [0.3, 0.4) is 0 Å². The molecule has 5 nitrogen and oxygen atoms in total. The summed E-state index contributed by atoms with van der Waals surface area (Å²) in [5.41, 5.74) is 1.90. The van der Waals surface area contributed by atoms with Gasteiger partial charge < -0.3 is 9.14 Å². The first-order chi connectivity index (χ1) is 11.0. The van der Waals surface area contributed by atoms with Gasteiger partial charge in [-0.3, -0.25) is 4.79 Å². The van der Waals surface area contributed by atoms with Crippen molar-refractivity contribution in [3.05, 3.63) is 52.4 Å². The van der Waals surface area contributed by atoms with E-state index in [1.165, 1.54) is 0 Å². The van der Waals surface area contributed by atoms with Crippen molar-refractivity contribution in [2.45, 2.75) is 32.6 Å². The van der Waals surface area contributed by atoms with E-state index >= 15 is 0 Å². The minimum atomic E-state index is -0.732. The standard InChI is InChI=1S/C17H19N3O2S/c1-4-22-16(21)17(2,3)13-11-23-15(19-13)9-12-10-20-8-6-5-7-14(20)18-12/h5-8,10-11H,4,9H2,1-3H3. The lowest BCUT2D eigenvalue weighted by Gasteiger charge is -2.19. The van der Waals surface area contributed by atoms with Crippen molar-refractivity contribution < 1.29 is 9.53 Å². The summed E-state index contributed by atoms with van der Waals surface area (Å²) in [6.07, 6.45) is 4.64. The van der Waals surface area contributed by atoms with E-state index < -0.39 is 5.41 Å². The number of pyridine rings is 1. The number of nitrogens with zero attached hydrogens (tertiary/aromatic N) is 3. The molecule has 0 aliphatic carbocycles. The topological polar surface area (TPSA) is 56.5 Å². The number of fused-ring (bicyclic) bond motifs is 1. The highest BCUT2D eigenvalue weighted by Crippen LogP contribution is 2.27. The monoisotopic (exact) mass is 329 g/mol. The molecule has 3 aromatic heterocycles. The zero-order valence-corrected chi connectivity index (χ0v) is 14.3. The molecule has 120 valence electrons. The molecule has 0 aliphatic heterocycles. The van der Waals surface area contributed by atoms with Gasteiger partial charge in [-0.25, -0.2) is 9.97 Å². The summed E-state index contributed by atoms with van der Waals surface area (Å²) in [6.45, 7) is 5.87. The minimum Gasteiger partial charge on any atom is -0.465 e. The Morgan fingerprint density at radius 2 is 2.17 bits per heavy atom. The number of ether oxygens (including phenoxy) is 1. The minimum absolute atomic E-state index is 0.246. The van der Waals surface area contributed by atoms with Gasteiger partial charge in [0.05, 0.1) is 23.0 Å². The largest absolute Gasteiger partial charge is 0.465 e. The lowest BCUT2D eigenvalue weighted by molar-refractivity contribution is -0.148. The average Bonchev–Trinajstić information content (AvgIpc) is 3.14. The van der Waals surface area contributed by atoms with Gasteiger partial charge in [0.1, 0.15) is 11.1 Å².